The molecular weight excluding hydrogens is 248 g/mol. The van der Waals surface area contributed by atoms with E-state index in [2.05, 4.69) is 32.6 Å². The van der Waals surface area contributed by atoms with Crippen molar-refractivity contribution in [1.82, 2.24) is 4.90 Å². The van der Waals surface area contributed by atoms with Crippen molar-refractivity contribution in [3.63, 3.8) is 0 Å². The van der Waals surface area contributed by atoms with Gasteiger partial charge in [-0.1, -0.05) is 32.6 Å². The molecule has 2 N–H and O–H groups in total. The van der Waals surface area contributed by atoms with E-state index in [1.807, 2.05) is 0 Å². The van der Waals surface area contributed by atoms with Crippen LogP contribution in [0.5, 0.6) is 0 Å². The van der Waals surface area contributed by atoms with Gasteiger partial charge in [0.25, 0.3) is 0 Å². The second kappa shape index (κ2) is 8.35. The lowest BCUT2D eigenvalue weighted by Crippen LogP contribution is -2.55. The third-order valence-corrected chi connectivity index (χ3v) is 4.47. The highest BCUT2D eigenvalue weighted by Gasteiger charge is 2.35. The van der Waals surface area contributed by atoms with Crippen LogP contribution in [-0.2, 0) is 4.74 Å². The maximum absolute atomic E-state index is 6.21. The topological polar surface area (TPSA) is 38.5 Å². The Balaban J connectivity index is 2.64. The van der Waals surface area contributed by atoms with Crippen LogP contribution in [-0.4, -0.2) is 42.3 Å². The van der Waals surface area contributed by atoms with E-state index in [-0.39, 0.29) is 11.1 Å². The van der Waals surface area contributed by atoms with Gasteiger partial charge >= 0.3 is 0 Å². The molecule has 0 atom stereocenters. The van der Waals surface area contributed by atoms with Crippen LogP contribution in [0, 0.1) is 0 Å². The van der Waals surface area contributed by atoms with Crippen LogP contribution >= 0.6 is 0 Å². The van der Waals surface area contributed by atoms with Crippen molar-refractivity contribution in [3.05, 3.63) is 0 Å². The smallest absolute Gasteiger partial charge is 0.0600 e. The number of hydrogen-bond acceptors (Lipinski definition) is 3. The monoisotopic (exact) mass is 284 g/mol. The lowest BCUT2D eigenvalue weighted by Gasteiger charge is -2.43. The highest BCUT2D eigenvalue weighted by Crippen LogP contribution is 2.32. The van der Waals surface area contributed by atoms with E-state index >= 15 is 0 Å². The summed E-state index contributed by atoms with van der Waals surface area (Å²) in [6.45, 7) is 12.4. The molecule has 0 aromatic carbocycles. The van der Waals surface area contributed by atoms with Gasteiger partial charge in [0.1, 0.15) is 0 Å². The summed E-state index contributed by atoms with van der Waals surface area (Å²) in [4.78, 5) is 2.63. The van der Waals surface area contributed by atoms with E-state index in [0.29, 0.717) is 0 Å². The fraction of sp³-hybridized carbons (Fsp3) is 1.00. The first kappa shape index (κ1) is 17.9. The Kier molecular flexibility index (Phi) is 7.49. The number of rotatable bonds is 7. The second-order valence-electron chi connectivity index (χ2n) is 7.29. The average Bonchev–Trinajstić information content (AvgIpc) is 2.62. The minimum Gasteiger partial charge on any atom is -0.375 e. The molecule has 0 amide bonds. The normalized spacial score (nSPS) is 20.1. The Morgan fingerprint density at radius 1 is 1.05 bits per heavy atom. The molecule has 20 heavy (non-hydrogen) atoms. The minimum atomic E-state index is -0.0444. The molecule has 120 valence electrons. The van der Waals surface area contributed by atoms with Gasteiger partial charge in [-0.25, -0.2) is 0 Å². The van der Waals surface area contributed by atoms with E-state index in [0.717, 1.165) is 26.2 Å². The highest BCUT2D eigenvalue weighted by molar-refractivity contribution is 4.93. The van der Waals surface area contributed by atoms with E-state index in [1.54, 1.807) is 0 Å². The summed E-state index contributed by atoms with van der Waals surface area (Å²) in [6.07, 6.45) is 9.13. The summed E-state index contributed by atoms with van der Waals surface area (Å²) in [5, 5.41) is 0. The molecule has 0 bridgehead atoms. The first-order valence-electron chi connectivity index (χ1n) is 8.52. The Hall–Kier alpha value is -0.120. The predicted octanol–water partition coefficient (Wildman–Crippen LogP) is 3.57. The standard InChI is InChI=1S/C17H36N2O/c1-5-12-19(13-14-20-16(2,3)4)17(15-18)10-8-6-7-9-11-17/h5-15,18H2,1-4H3. The van der Waals surface area contributed by atoms with E-state index in [9.17, 15) is 0 Å². The molecule has 0 spiro atoms. The van der Waals surface area contributed by atoms with Gasteiger partial charge in [-0.05, 0) is 46.6 Å². The molecule has 3 nitrogen and oxygen atoms in total. The Morgan fingerprint density at radius 3 is 2.10 bits per heavy atom. The molecule has 0 aromatic heterocycles. The van der Waals surface area contributed by atoms with Crippen molar-refractivity contribution in [2.24, 2.45) is 5.73 Å². The van der Waals surface area contributed by atoms with E-state index in [4.69, 9.17) is 10.5 Å². The highest BCUT2D eigenvalue weighted by atomic mass is 16.5. The zero-order valence-corrected chi connectivity index (χ0v) is 14.2. The lowest BCUT2D eigenvalue weighted by molar-refractivity contribution is -0.0311. The number of nitrogens with zero attached hydrogens (tertiary/aromatic N) is 1. The maximum Gasteiger partial charge on any atom is 0.0600 e. The molecule has 0 radical (unpaired) electrons. The van der Waals surface area contributed by atoms with Crippen LogP contribution in [0.1, 0.15) is 72.6 Å². The fourth-order valence-corrected chi connectivity index (χ4v) is 3.35. The van der Waals surface area contributed by atoms with Crippen molar-refractivity contribution in [3.8, 4) is 0 Å². The van der Waals surface area contributed by atoms with Crippen molar-refractivity contribution < 1.29 is 4.74 Å². The maximum atomic E-state index is 6.21. The lowest BCUT2D eigenvalue weighted by atomic mass is 9.88. The first-order valence-corrected chi connectivity index (χ1v) is 8.52. The molecule has 0 saturated heterocycles. The molecular formula is C17H36N2O. The van der Waals surface area contributed by atoms with Crippen molar-refractivity contribution in [2.45, 2.75) is 83.8 Å². The molecule has 0 aromatic rings. The summed E-state index contributed by atoms with van der Waals surface area (Å²) >= 11 is 0. The van der Waals surface area contributed by atoms with Gasteiger partial charge in [0.2, 0.25) is 0 Å². The number of ether oxygens (including phenoxy) is 1. The van der Waals surface area contributed by atoms with Gasteiger partial charge in [0, 0.05) is 18.6 Å². The van der Waals surface area contributed by atoms with Crippen LogP contribution in [0.2, 0.25) is 0 Å². The second-order valence-corrected chi connectivity index (χ2v) is 7.29. The van der Waals surface area contributed by atoms with Gasteiger partial charge < -0.3 is 10.5 Å². The van der Waals surface area contributed by atoms with Crippen molar-refractivity contribution in [2.75, 3.05) is 26.2 Å². The van der Waals surface area contributed by atoms with Gasteiger partial charge in [0.05, 0.1) is 12.2 Å². The van der Waals surface area contributed by atoms with Crippen molar-refractivity contribution in [1.29, 1.82) is 0 Å². The van der Waals surface area contributed by atoms with Crippen LogP contribution in [0.3, 0.4) is 0 Å². The largest absolute Gasteiger partial charge is 0.375 e. The number of hydrogen-bond donors (Lipinski definition) is 1. The van der Waals surface area contributed by atoms with Gasteiger partial charge in [-0.15, -0.1) is 0 Å². The van der Waals surface area contributed by atoms with E-state index in [1.165, 1.54) is 44.9 Å². The fourth-order valence-electron chi connectivity index (χ4n) is 3.35. The van der Waals surface area contributed by atoms with Gasteiger partial charge in [0.15, 0.2) is 0 Å². The SMILES string of the molecule is CCCN(CCOC(C)(C)C)C1(CN)CCCCCC1. The average molecular weight is 284 g/mol. The Morgan fingerprint density at radius 2 is 1.65 bits per heavy atom. The summed E-state index contributed by atoms with van der Waals surface area (Å²) < 4.78 is 5.94. The molecule has 1 rings (SSSR count). The third-order valence-electron chi connectivity index (χ3n) is 4.47. The molecule has 3 heteroatoms. The molecule has 1 fully saturated rings. The molecule has 1 aliphatic rings. The van der Waals surface area contributed by atoms with Crippen LogP contribution in [0.15, 0.2) is 0 Å². The summed E-state index contributed by atoms with van der Waals surface area (Å²) in [5.41, 5.74) is 6.40. The Labute approximate surface area is 126 Å². The van der Waals surface area contributed by atoms with Crippen molar-refractivity contribution >= 4 is 0 Å². The van der Waals surface area contributed by atoms with Crippen LogP contribution in [0.25, 0.3) is 0 Å². The third kappa shape index (κ3) is 5.71. The zero-order valence-electron chi connectivity index (χ0n) is 14.2. The minimum absolute atomic E-state index is 0.0444. The predicted molar refractivity (Wildman–Crippen MR) is 87.1 cm³/mol. The van der Waals surface area contributed by atoms with Crippen LogP contribution in [0.4, 0.5) is 0 Å². The Bertz CT molecular complexity index is 252. The molecule has 1 aliphatic carbocycles. The molecule has 0 unspecified atom stereocenters. The summed E-state index contributed by atoms with van der Waals surface area (Å²) in [5.74, 6) is 0. The number of nitrogens with two attached hydrogens (primary N) is 1. The molecule has 1 saturated carbocycles. The summed E-state index contributed by atoms with van der Waals surface area (Å²) in [7, 11) is 0. The van der Waals surface area contributed by atoms with Gasteiger partial charge in [-0.2, -0.15) is 0 Å². The van der Waals surface area contributed by atoms with E-state index < -0.39 is 0 Å². The zero-order chi connectivity index (χ0) is 15.1. The van der Waals surface area contributed by atoms with Crippen LogP contribution < -0.4 is 5.73 Å². The molecule has 0 heterocycles. The van der Waals surface area contributed by atoms with Gasteiger partial charge in [-0.3, -0.25) is 4.90 Å². The first-order chi connectivity index (χ1) is 9.43. The molecule has 0 aliphatic heterocycles. The summed E-state index contributed by atoms with van der Waals surface area (Å²) in [6, 6.07) is 0. The quantitative estimate of drug-likeness (QED) is 0.726.